The fraction of sp³-hybridized carbons (Fsp3) is 0.769. The molecular formula is C13H23NO3Si. The molecule has 0 aromatic rings. The fourth-order valence-electron chi connectivity index (χ4n) is 2.05. The van der Waals surface area contributed by atoms with Crippen LogP contribution < -0.4 is 0 Å². The highest BCUT2D eigenvalue weighted by atomic mass is 28.4. The van der Waals surface area contributed by atoms with E-state index >= 15 is 0 Å². The van der Waals surface area contributed by atoms with E-state index in [0.717, 1.165) is 0 Å². The van der Waals surface area contributed by atoms with Crippen molar-refractivity contribution < 1.29 is 14.1 Å². The molecular weight excluding hydrogens is 246 g/mol. The molecule has 0 N–H and O–H groups in total. The average molecular weight is 269 g/mol. The molecule has 2 aliphatic rings. The van der Waals surface area contributed by atoms with Gasteiger partial charge in [0, 0.05) is 0 Å². The molecule has 18 heavy (non-hydrogen) atoms. The zero-order valence-corrected chi connectivity index (χ0v) is 12.9. The third-order valence-electron chi connectivity index (χ3n) is 4.17. The van der Waals surface area contributed by atoms with Gasteiger partial charge >= 0.3 is 0 Å². The van der Waals surface area contributed by atoms with Gasteiger partial charge in [0.05, 0.1) is 19.1 Å². The Morgan fingerprint density at radius 3 is 2.72 bits per heavy atom. The van der Waals surface area contributed by atoms with Crippen molar-refractivity contribution in [1.29, 1.82) is 0 Å². The second-order valence-corrected chi connectivity index (χ2v) is 11.3. The molecule has 1 saturated heterocycles. The first-order chi connectivity index (χ1) is 8.22. The minimum absolute atomic E-state index is 0.0352. The first-order valence-corrected chi connectivity index (χ1v) is 9.43. The summed E-state index contributed by atoms with van der Waals surface area (Å²) in [4.78, 5) is 17.2. The number of hydrogen-bond donors (Lipinski definition) is 0. The van der Waals surface area contributed by atoms with E-state index in [1.165, 1.54) is 5.06 Å². The van der Waals surface area contributed by atoms with Gasteiger partial charge in [0.2, 0.25) is 5.91 Å². The second kappa shape index (κ2) is 4.47. The highest BCUT2D eigenvalue weighted by molar-refractivity contribution is 6.74. The van der Waals surface area contributed by atoms with Crippen molar-refractivity contribution in [2.75, 3.05) is 6.61 Å². The topological polar surface area (TPSA) is 38.8 Å². The van der Waals surface area contributed by atoms with Gasteiger partial charge in [-0.05, 0) is 18.1 Å². The van der Waals surface area contributed by atoms with E-state index < -0.39 is 8.32 Å². The predicted octanol–water partition coefficient (Wildman–Crippen LogP) is 2.48. The Labute approximate surface area is 110 Å². The Kier molecular flexibility index (Phi) is 3.42. The smallest absolute Gasteiger partial charge is 0.249 e. The summed E-state index contributed by atoms with van der Waals surface area (Å²) in [5, 5.41) is 1.64. The quantitative estimate of drug-likeness (QED) is 0.571. The Morgan fingerprint density at radius 1 is 1.44 bits per heavy atom. The molecule has 2 aliphatic heterocycles. The molecule has 2 atom stereocenters. The summed E-state index contributed by atoms with van der Waals surface area (Å²) < 4.78 is 6.35. The van der Waals surface area contributed by atoms with Crippen LogP contribution in [0.15, 0.2) is 12.2 Å². The van der Waals surface area contributed by atoms with E-state index in [4.69, 9.17) is 9.26 Å². The summed E-state index contributed by atoms with van der Waals surface area (Å²) in [6.07, 6.45) is 4.37. The number of carbonyl (C=O) groups is 1. The summed E-state index contributed by atoms with van der Waals surface area (Å²) in [5.41, 5.74) is 0. The van der Waals surface area contributed by atoms with Crippen LogP contribution in [0.4, 0.5) is 0 Å². The molecule has 0 bridgehead atoms. The summed E-state index contributed by atoms with van der Waals surface area (Å²) in [7, 11) is -1.84. The van der Waals surface area contributed by atoms with Gasteiger partial charge in [0.1, 0.15) is 6.04 Å². The van der Waals surface area contributed by atoms with Crippen molar-refractivity contribution in [2.45, 2.75) is 57.5 Å². The largest absolute Gasteiger partial charge is 0.411 e. The van der Waals surface area contributed by atoms with Crippen molar-refractivity contribution in [3.8, 4) is 0 Å². The van der Waals surface area contributed by atoms with E-state index in [1.807, 2.05) is 12.2 Å². The molecule has 2 heterocycles. The highest BCUT2D eigenvalue weighted by Crippen LogP contribution is 2.39. The molecule has 2 rings (SSSR count). The SMILES string of the molecule is CC(C)(C)[Si](C)(C)OC1CC(=O)N2OCC=CC12. The number of hydrogen-bond acceptors (Lipinski definition) is 3. The van der Waals surface area contributed by atoms with Crippen LogP contribution in [-0.4, -0.2) is 38.0 Å². The number of carbonyl (C=O) groups excluding carboxylic acids is 1. The zero-order chi connectivity index (χ0) is 13.6. The molecule has 102 valence electrons. The maximum Gasteiger partial charge on any atom is 0.249 e. The molecule has 0 aromatic carbocycles. The molecule has 0 saturated carbocycles. The van der Waals surface area contributed by atoms with Gasteiger partial charge in [-0.25, -0.2) is 5.06 Å². The van der Waals surface area contributed by atoms with E-state index in [1.54, 1.807) is 0 Å². The summed E-state index contributed by atoms with van der Waals surface area (Å²) >= 11 is 0. The molecule has 0 aliphatic carbocycles. The second-order valence-electron chi connectivity index (χ2n) is 6.55. The van der Waals surface area contributed by atoms with Crippen LogP contribution in [0.25, 0.3) is 0 Å². The van der Waals surface area contributed by atoms with Crippen molar-refractivity contribution >= 4 is 14.2 Å². The van der Waals surface area contributed by atoms with Crippen LogP contribution in [0.1, 0.15) is 27.2 Å². The monoisotopic (exact) mass is 269 g/mol. The first-order valence-electron chi connectivity index (χ1n) is 6.52. The van der Waals surface area contributed by atoms with Gasteiger partial charge in [0.15, 0.2) is 8.32 Å². The lowest BCUT2D eigenvalue weighted by atomic mass is 10.1. The Balaban J connectivity index is 2.13. The van der Waals surface area contributed by atoms with Crippen molar-refractivity contribution in [3.05, 3.63) is 12.2 Å². The fourth-order valence-corrected chi connectivity index (χ4v) is 3.38. The third-order valence-corrected chi connectivity index (χ3v) is 8.67. The van der Waals surface area contributed by atoms with Crippen molar-refractivity contribution in [3.63, 3.8) is 0 Å². The van der Waals surface area contributed by atoms with Crippen molar-refractivity contribution in [1.82, 2.24) is 5.06 Å². The minimum Gasteiger partial charge on any atom is -0.411 e. The van der Waals surface area contributed by atoms with Crippen LogP contribution >= 0.6 is 0 Å². The third kappa shape index (κ3) is 2.39. The van der Waals surface area contributed by atoms with Crippen LogP contribution in [0.3, 0.4) is 0 Å². The van der Waals surface area contributed by atoms with Crippen molar-refractivity contribution in [2.24, 2.45) is 0 Å². The van der Waals surface area contributed by atoms with Gasteiger partial charge in [-0.15, -0.1) is 0 Å². The molecule has 0 aromatic heterocycles. The van der Waals surface area contributed by atoms with Crippen LogP contribution in [-0.2, 0) is 14.1 Å². The van der Waals surface area contributed by atoms with Crippen LogP contribution in [0.2, 0.25) is 18.1 Å². The lowest BCUT2D eigenvalue weighted by molar-refractivity contribution is -0.185. The maximum absolute atomic E-state index is 11.9. The van der Waals surface area contributed by atoms with Gasteiger partial charge in [-0.1, -0.05) is 32.9 Å². The zero-order valence-electron chi connectivity index (χ0n) is 11.9. The Morgan fingerprint density at radius 2 is 2.11 bits per heavy atom. The predicted molar refractivity (Wildman–Crippen MR) is 72.4 cm³/mol. The Hall–Kier alpha value is -0.653. The van der Waals surface area contributed by atoms with E-state index in [-0.39, 0.29) is 23.1 Å². The first kappa shape index (κ1) is 13.8. The number of fused-ring (bicyclic) bond motifs is 1. The van der Waals surface area contributed by atoms with Gasteiger partial charge in [-0.2, -0.15) is 0 Å². The molecule has 4 nitrogen and oxygen atoms in total. The van der Waals surface area contributed by atoms with Crippen LogP contribution in [0, 0.1) is 0 Å². The lowest BCUT2D eigenvalue weighted by Gasteiger charge is -2.39. The van der Waals surface area contributed by atoms with Gasteiger partial charge < -0.3 is 4.43 Å². The normalized spacial score (nSPS) is 28.7. The van der Waals surface area contributed by atoms with Crippen LogP contribution in [0.5, 0.6) is 0 Å². The van der Waals surface area contributed by atoms with Gasteiger partial charge in [0.25, 0.3) is 0 Å². The summed E-state index contributed by atoms with van der Waals surface area (Å²) in [5.74, 6) is 0.0352. The van der Waals surface area contributed by atoms with E-state index in [2.05, 4.69) is 33.9 Å². The molecule has 5 heteroatoms. The highest BCUT2D eigenvalue weighted by Gasteiger charge is 2.47. The summed E-state index contributed by atoms with van der Waals surface area (Å²) in [6, 6.07) is -0.0413. The number of hydroxylamine groups is 2. The maximum atomic E-state index is 11.9. The molecule has 2 unspecified atom stereocenters. The van der Waals surface area contributed by atoms with Gasteiger partial charge in [-0.3, -0.25) is 9.63 Å². The number of rotatable bonds is 2. The average Bonchev–Trinajstić information content (AvgIpc) is 2.55. The van der Waals surface area contributed by atoms with E-state index in [0.29, 0.717) is 13.0 Å². The molecule has 0 spiro atoms. The Bertz CT molecular complexity index is 373. The molecule has 1 amide bonds. The lowest BCUT2D eigenvalue weighted by Crippen LogP contribution is -2.47. The van der Waals surface area contributed by atoms with E-state index in [9.17, 15) is 4.79 Å². The molecule has 1 fully saturated rings. The minimum atomic E-state index is -1.84. The number of amides is 1. The number of nitrogens with zero attached hydrogens (tertiary/aromatic N) is 1. The molecule has 0 radical (unpaired) electrons. The standard InChI is InChI=1S/C13H23NO3Si/c1-13(2,3)18(4,5)17-11-9-12(15)14-10(11)7-6-8-16-14/h6-7,10-11H,8-9H2,1-5H3. The summed E-state index contributed by atoms with van der Waals surface area (Å²) in [6.45, 7) is 11.5.